The first-order chi connectivity index (χ1) is 27.0. The Labute approximate surface area is 328 Å². The molecule has 3 aliphatic heterocycles. The summed E-state index contributed by atoms with van der Waals surface area (Å²) in [4.78, 5) is 32.5. The number of halogens is 1. The summed E-state index contributed by atoms with van der Waals surface area (Å²) in [7, 11) is 1.67. The van der Waals surface area contributed by atoms with Crippen LogP contribution in [0.4, 0.5) is 5.82 Å². The summed E-state index contributed by atoms with van der Waals surface area (Å²) < 4.78 is 5.30. The summed E-state index contributed by atoms with van der Waals surface area (Å²) in [5, 5.41) is 0.611. The van der Waals surface area contributed by atoms with Gasteiger partial charge in [-0.3, -0.25) is 14.7 Å². The maximum atomic E-state index is 6.08. The first kappa shape index (κ1) is 38.0. The summed E-state index contributed by atoms with van der Waals surface area (Å²) in [6.45, 7) is 8.51. The minimum Gasteiger partial charge on any atom is -0.481 e. The number of fused-ring (bicyclic) bond motifs is 3. The summed E-state index contributed by atoms with van der Waals surface area (Å²) in [5.41, 5.74) is 16.5. The Kier molecular flexibility index (Phi) is 13.0. The van der Waals surface area contributed by atoms with E-state index in [1.165, 1.54) is 16.7 Å². The molecule has 0 unspecified atom stereocenters. The van der Waals surface area contributed by atoms with Gasteiger partial charge in [0.15, 0.2) is 0 Å². The van der Waals surface area contributed by atoms with Crippen molar-refractivity contribution in [3.05, 3.63) is 166 Å². The molecule has 0 aliphatic carbocycles. The van der Waals surface area contributed by atoms with Crippen LogP contribution in [0.2, 0.25) is 5.15 Å². The average Bonchev–Trinajstić information content (AvgIpc) is 3.22. The molecule has 0 atom stereocenters. The van der Waals surface area contributed by atoms with Gasteiger partial charge in [0.1, 0.15) is 30.0 Å². The Morgan fingerprint density at radius 1 is 0.527 bits per heavy atom. The number of benzene rings is 3. The van der Waals surface area contributed by atoms with Crippen molar-refractivity contribution in [1.82, 2.24) is 44.6 Å². The Morgan fingerprint density at radius 2 is 0.927 bits per heavy atom. The van der Waals surface area contributed by atoms with E-state index in [0.717, 1.165) is 118 Å². The highest BCUT2D eigenvalue weighted by molar-refractivity contribution is 6.30. The van der Waals surface area contributed by atoms with E-state index in [1.54, 1.807) is 26.1 Å². The molecule has 0 radical (unpaired) electrons. The second kappa shape index (κ2) is 18.8. The molecule has 282 valence electrons. The van der Waals surface area contributed by atoms with E-state index in [2.05, 4.69) is 117 Å². The van der Waals surface area contributed by atoms with Gasteiger partial charge < -0.3 is 10.5 Å². The van der Waals surface area contributed by atoms with Crippen LogP contribution in [-0.2, 0) is 58.5 Å². The van der Waals surface area contributed by atoms with Gasteiger partial charge >= 0.3 is 0 Å². The zero-order valence-corrected chi connectivity index (χ0v) is 32.0. The molecule has 9 rings (SSSR count). The fourth-order valence-corrected chi connectivity index (χ4v) is 7.53. The summed E-state index contributed by atoms with van der Waals surface area (Å²) in [6, 6.07) is 31.6. The zero-order valence-electron chi connectivity index (χ0n) is 31.3. The number of methoxy groups -OCH3 is 1. The van der Waals surface area contributed by atoms with E-state index >= 15 is 0 Å². The van der Waals surface area contributed by atoms with E-state index in [1.807, 2.05) is 18.2 Å². The second-order valence-corrected chi connectivity index (χ2v) is 14.3. The van der Waals surface area contributed by atoms with Crippen molar-refractivity contribution in [2.24, 2.45) is 0 Å². The van der Waals surface area contributed by atoms with Gasteiger partial charge in [-0.05, 0) is 36.0 Å². The van der Waals surface area contributed by atoms with Gasteiger partial charge in [0, 0.05) is 75.6 Å². The van der Waals surface area contributed by atoms with Crippen molar-refractivity contribution in [3.8, 4) is 5.88 Å². The second-order valence-electron chi connectivity index (χ2n) is 13.9. The molecule has 12 heteroatoms. The average molecular weight is 755 g/mol. The first-order valence-electron chi connectivity index (χ1n) is 18.7. The van der Waals surface area contributed by atoms with Gasteiger partial charge in [-0.2, -0.15) is 0 Å². The van der Waals surface area contributed by atoms with Gasteiger partial charge in [0.05, 0.1) is 24.2 Å². The van der Waals surface area contributed by atoms with Crippen molar-refractivity contribution in [1.29, 1.82) is 0 Å². The molecular formula is C43H47ClN10O. The van der Waals surface area contributed by atoms with Gasteiger partial charge in [-0.1, -0.05) is 103 Å². The number of hydrogen-bond donors (Lipinski definition) is 1. The predicted molar refractivity (Wildman–Crippen MR) is 215 cm³/mol. The molecular weight excluding hydrogens is 708 g/mol. The van der Waals surface area contributed by atoms with Gasteiger partial charge in [0.2, 0.25) is 5.88 Å². The van der Waals surface area contributed by atoms with Crippen LogP contribution in [0, 0.1) is 0 Å². The van der Waals surface area contributed by atoms with Crippen LogP contribution in [0.3, 0.4) is 0 Å². The normalized spacial score (nSPS) is 15.2. The minimum atomic E-state index is 0.611. The number of hydrogen-bond acceptors (Lipinski definition) is 11. The van der Waals surface area contributed by atoms with Crippen LogP contribution in [-0.4, -0.2) is 71.3 Å². The van der Waals surface area contributed by atoms with E-state index < -0.39 is 0 Å². The molecule has 0 bridgehead atoms. The van der Waals surface area contributed by atoms with Crippen molar-refractivity contribution in [2.45, 2.75) is 58.5 Å². The molecule has 0 saturated heterocycles. The Hall–Kier alpha value is -5.33. The SMILES string of the molecule is COc1ncnc2c1CCN(Cc1ccccc1)C2.Clc1ncnc2c1CCN(Cc1ccccc1)C2.Nc1ncnc2c1CCN(Cc1ccccc1)C2. The number of aromatic nitrogens is 6. The molecule has 2 N–H and O–H groups in total. The quantitative estimate of drug-likeness (QED) is 0.184. The lowest BCUT2D eigenvalue weighted by Gasteiger charge is -2.28. The molecule has 0 amide bonds. The Morgan fingerprint density at radius 3 is 1.42 bits per heavy atom. The third kappa shape index (κ3) is 10.3. The fourth-order valence-electron chi connectivity index (χ4n) is 7.29. The number of nitrogen functional groups attached to an aromatic ring is 1. The molecule has 0 saturated carbocycles. The van der Waals surface area contributed by atoms with E-state index in [0.29, 0.717) is 11.0 Å². The van der Waals surface area contributed by atoms with Crippen molar-refractivity contribution in [3.63, 3.8) is 0 Å². The van der Waals surface area contributed by atoms with Crippen LogP contribution in [0.15, 0.2) is 110 Å². The lowest BCUT2D eigenvalue weighted by Crippen LogP contribution is -2.31. The van der Waals surface area contributed by atoms with E-state index in [4.69, 9.17) is 22.1 Å². The molecule has 11 nitrogen and oxygen atoms in total. The molecule has 6 aromatic rings. The highest BCUT2D eigenvalue weighted by Gasteiger charge is 2.22. The van der Waals surface area contributed by atoms with Crippen LogP contribution < -0.4 is 10.5 Å². The van der Waals surface area contributed by atoms with Crippen molar-refractivity contribution < 1.29 is 4.74 Å². The maximum Gasteiger partial charge on any atom is 0.219 e. The van der Waals surface area contributed by atoms with Crippen LogP contribution >= 0.6 is 11.6 Å². The molecule has 3 aliphatic rings. The predicted octanol–water partition coefficient (Wildman–Crippen LogP) is 6.35. The third-order valence-electron chi connectivity index (χ3n) is 10.1. The monoisotopic (exact) mass is 754 g/mol. The van der Waals surface area contributed by atoms with Crippen LogP contribution in [0.25, 0.3) is 0 Å². The standard InChI is InChI=1S/C15H17N3O.C14H14ClN3.C14H16N4/c1-19-15-13-7-8-18(10-14(13)16-11-17-15)9-12-5-3-2-4-6-12;2*15-14-12-6-7-18(9-13(12)16-10-17-14)8-11-4-2-1-3-5-11/h2-6,11H,7-10H2,1H3;1-5,10H,6-9H2;1-5,10H,6-9H2,(H2,15,16,17). The van der Waals surface area contributed by atoms with Crippen LogP contribution in [0.5, 0.6) is 5.88 Å². The smallest absolute Gasteiger partial charge is 0.219 e. The fraction of sp³-hybridized carbons (Fsp3) is 0.302. The molecule has 3 aromatic carbocycles. The lowest BCUT2D eigenvalue weighted by atomic mass is 10.0. The van der Waals surface area contributed by atoms with Crippen molar-refractivity contribution in [2.75, 3.05) is 32.5 Å². The summed E-state index contributed by atoms with van der Waals surface area (Å²) >= 11 is 6.08. The van der Waals surface area contributed by atoms with Gasteiger partial charge in [-0.15, -0.1) is 0 Å². The molecule has 0 fully saturated rings. The number of nitrogens with zero attached hydrogens (tertiary/aromatic N) is 9. The topological polar surface area (TPSA) is 122 Å². The van der Waals surface area contributed by atoms with Gasteiger partial charge in [-0.25, -0.2) is 29.9 Å². The largest absolute Gasteiger partial charge is 0.481 e. The first-order valence-corrected chi connectivity index (χ1v) is 19.1. The van der Waals surface area contributed by atoms with E-state index in [9.17, 15) is 0 Å². The van der Waals surface area contributed by atoms with Crippen LogP contribution in [0.1, 0.15) is 50.5 Å². The number of ether oxygens (including phenoxy) is 1. The highest BCUT2D eigenvalue weighted by Crippen LogP contribution is 2.26. The number of rotatable bonds is 7. The molecule has 3 aromatic heterocycles. The summed E-state index contributed by atoms with van der Waals surface area (Å²) in [5.74, 6) is 1.36. The number of anilines is 1. The molecule has 6 heterocycles. The number of nitrogens with two attached hydrogens (primary N) is 1. The lowest BCUT2D eigenvalue weighted by molar-refractivity contribution is 0.237. The Bertz CT molecular complexity index is 2020. The van der Waals surface area contributed by atoms with Crippen molar-refractivity contribution >= 4 is 17.4 Å². The maximum absolute atomic E-state index is 6.08. The highest BCUT2D eigenvalue weighted by atomic mass is 35.5. The Balaban J connectivity index is 0.000000127. The molecule has 55 heavy (non-hydrogen) atoms. The zero-order chi connectivity index (χ0) is 37.8. The van der Waals surface area contributed by atoms with E-state index in [-0.39, 0.29) is 0 Å². The molecule has 0 spiro atoms. The van der Waals surface area contributed by atoms with Gasteiger partial charge in [0.25, 0.3) is 0 Å². The third-order valence-corrected chi connectivity index (χ3v) is 10.5. The summed E-state index contributed by atoms with van der Waals surface area (Å²) in [6.07, 6.45) is 7.51. The minimum absolute atomic E-state index is 0.611.